The molecule has 0 atom stereocenters. The average molecular weight is 357 g/mol. The molecule has 5 nitrogen and oxygen atoms in total. The second-order valence-corrected chi connectivity index (χ2v) is 6.53. The van der Waals surface area contributed by atoms with Gasteiger partial charge in [-0.05, 0) is 43.2 Å². The maximum Gasteiger partial charge on any atom is 0.180 e. The van der Waals surface area contributed by atoms with Crippen LogP contribution in [0.4, 0.5) is 0 Å². The van der Waals surface area contributed by atoms with Crippen LogP contribution in [0.1, 0.15) is 25.0 Å². The van der Waals surface area contributed by atoms with Crippen molar-refractivity contribution in [3.8, 4) is 11.5 Å². The summed E-state index contributed by atoms with van der Waals surface area (Å²) in [5.74, 6) is 2.13. The van der Waals surface area contributed by atoms with E-state index in [0.717, 1.165) is 11.3 Å². The highest BCUT2D eigenvalue weighted by Gasteiger charge is 2.06. The first-order valence-electron chi connectivity index (χ1n) is 7.96. The first-order valence-corrected chi connectivity index (χ1v) is 8.95. The summed E-state index contributed by atoms with van der Waals surface area (Å²) in [4.78, 5) is 0. The molecule has 25 heavy (non-hydrogen) atoms. The van der Waals surface area contributed by atoms with E-state index in [1.165, 1.54) is 17.3 Å². The zero-order chi connectivity index (χ0) is 18.1. The van der Waals surface area contributed by atoms with Gasteiger partial charge in [0.05, 0.1) is 19.4 Å². The third kappa shape index (κ3) is 6.51. The fourth-order valence-corrected chi connectivity index (χ4v) is 2.64. The number of hydrogen-bond acceptors (Lipinski definition) is 5. The fourth-order valence-electron chi connectivity index (χ4n) is 2.03. The second kappa shape index (κ2) is 9.74. The third-order valence-corrected chi connectivity index (χ3v) is 4.00. The van der Waals surface area contributed by atoms with Crippen molar-refractivity contribution in [2.24, 2.45) is 15.9 Å². The molecule has 0 amide bonds. The van der Waals surface area contributed by atoms with Gasteiger partial charge in [0.2, 0.25) is 0 Å². The van der Waals surface area contributed by atoms with Crippen LogP contribution in [0.25, 0.3) is 0 Å². The Bertz CT molecular complexity index is 731. The summed E-state index contributed by atoms with van der Waals surface area (Å²) in [6.07, 6.45) is 1.70. The van der Waals surface area contributed by atoms with Crippen LogP contribution < -0.4 is 15.2 Å². The highest BCUT2D eigenvalue weighted by atomic mass is 32.2. The molecule has 0 heterocycles. The molecule has 2 rings (SSSR count). The van der Waals surface area contributed by atoms with E-state index < -0.39 is 0 Å². The predicted octanol–water partition coefficient (Wildman–Crippen LogP) is 4.06. The Kier molecular flexibility index (Phi) is 7.35. The molecule has 0 aliphatic heterocycles. The highest BCUT2D eigenvalue weighted by Crippen LogP contribution is 2.28. The zero-order valence-electron chi connectivity index (χ0n) is 14.7. The van der Waals surface area contributed by atoms with Crippen LogP contribution in [0.3, 0.4) is 0 Å². The van der Waals surface area contributed by atoms with E-state index >= 15 is 0 Å². The molecule has 0 spiro atoms. The molecular formula is C19H23N3O2S. The van der Waals surface area contributed by atoms with E-state index in [-0.39, 0.29) is 6.10 Å². The lowest BCUT2D eigenvalue weighted by atomic mass is 10.2. The van der Waals surface area contributed by atoms with Gasteiger partial charge in [0, 0.05) is 5.75 Å². The summed E-state index contributed by atoms with van der Waals surface area (Å²) in [5.41, 5.74) is 7.94. The van der Waals surface area contributed by atoms with Gasteiger partial charge in [0.15, 0.2) is 16.7 Å². The number of amidine groups is 1. The third-order valence-electron chi connectivity index (χ3n) is 3.14. The number of nitrogens with two attached hydrogens (primary N) is 1. The van der Waals surface area contributed by atoms with Crippen LogP contribution in [-0.2, 0) is 5.75 Å². The minimum absolute atomic E-state index is 0.0594. The van der Waals surface area contributed by atoms with Gasteiger partial charge >= 0.3 is 0 Å². The number of benzene rings is 2. The van der Waals surface area contributed by atoms with Gasteiger partial charge in [-0.1, -0.05) is 42.1 Å². The molecule has 0 aliphatic rings. The SMILES string of the molecule is COc1ccc(C=NN=C(N)SCc2ccccc2)cc1OC(C)C. The van der Waals surface area contributed by atoms with E-state index in [1.54, 1.807) is 13.3 Å². The van der Waals surface area contributed by atoms with Crippen molar-refractivity contribution in [2.45, 2.75) is 25.7 Å². The molecule has 2 aromatic carbocycles. The van der Waals surface area contributed by atoms with Crippen molar-refractivity contribution in [1.82, 2.24) is 0 Å². The van der Waals surface area contributed by atoms with E-state index in [0.29, 0.717) is 16.7 Å². The largest absolute Gasteiger partial charge is 0.493 e. The lowest BCUT2D eigenvalue weighted by Gasteiger charge is -2.13. The van der Waals surface area contributed by atoms with Crippen LogP contribution in [0, 0.1) is 0 Å². The van der Waals surface area contributed by atoms with Crippen molar-refractivity contribution in [1.29, 1.82) is 0 Å². The summed E-state index contributed by atoms with van der Waals surface area (Å²) < 4.78 is 11.0. The predicted molar refractivity (Wildman–Crippen MR) is 106 cm³/mol. The van der Waals surface area contributed by atoms with E-state index in [1.807, 2.05) is 50.2 Å². The van der Waals surface area contributed by atoms with Crippen LogP contribution >= 0.6 is 11.8 Å². The minimum Gasteiger partial charge on any atom is -0.493 e. The topological polar surface area (TPSA) is 69.2 Å². The Morgan fingerprint density at radius 1 is 1.16 bits per heavy atom. The van der Waals surface area contributed by atoms with E-state index in [2.05, 4.69) is 22.3 Å². The molecule has 6 heteroatoms. The smallest absolute Gasteiger partial charge is 0.180 e. The fraction of sp³-hybridized carbons (Fsp3) is 0.263. The van der Waals surface area contributed by atoms with Gasteiger partial charge < -0.3 is 15.2 Å². The summed E-state index contributed by atoms with van der Waals surface area (Å²) in [6.45, 7) is 3.93. The van der Waals surface area contributed by atoms with Gasteiger partial charge in [0.25, 0.3) is 0 Å². The monoisotopic (exact) mass is 357 g/mol. The van der Waals surface area contributed by atoms with Crippen LogP contribution in [0.5, 0.6) is 11.5 Å². The molecule has 0 aromatic heterocycles. The van der Waals surface area contributed by atoms with Gasteiger partial charge in [-0.3, -0.25) is 0 Å². The highest BCUT2D eigenvalue weighted by molar-refractivity contribution is 8.13. The van der Waals surface area contributed by atoms with Crippen molar-refractivity contribution in [3.05, 3.63) is 59.7 Å². The molecule has 0 fully saturated rings. The Morgan fingerprint density at radius 2 is 1.92 bits per heavy atom. The zero-order valence-corrected chi connectivity index (χ0v) is 15.5. The number of nitrogens with zero attached hydrogens (tertiary/aromatic N) is 2. The number of ether oxygens (including phenoxy) is 2. The maximum atomic E-state index is 5.88. The van der Waals surface area contributed by atoms with Gasteiger partial charge in [0.1, 0.15) is 0 Å². The Morgan fingerprint density at radius 3 is 2.60 bits per heavy atom. The molecule has 2 N–H and O–H groups in total. The van der Waals surface area contributed by atoms with Gasteiger partial charge in [-0.2, -0.15) is 5.10 Å². The Balaban J connectivity index is 1.98. The normalized spacial score (nSPS) is 11.9. The van der Waals surface area contributed by atoms with E-state index in [9.17, 15) is 0 Å². The lowest BCUT2D eigenvalue weighted by Crippen LogP contribution is -2.07. The van der Waals surface area contributed by atoms with Crippen LogP contribution in [0.2, 0.25) is 0 Å². The molecule has 0 aliphatic carbocycles. The lowest BCUT2D eigenvalue weighted by molar-refractivity contribution is 0.230. The van der Waals surface area contributed by atoms with Crippen molar-refractivity contribution in [2.75, 3.05) is 7.11 Å². The second-order valence-electron chi connectivity index (χ2n) is 5.53. The number of rotatable bonds is 7. The van der Waals surface area contributed by atoms with E-state index in [4.69, 9.17) is 15.2 Å². The molecule has 0 saturated carbocycles. The number of thioether (sulfide) groups is 1. The molecule has 2 aromatic rings. The molecule has 0 unspecified atom stereocenters. The van der Waals surface area contributed by atoms with Crippen LogP contribution in [-0.4, -0.2) is 24.6 Å². The molecular weight excluding hydrogens is 334 g/mol. The first kappa shape index (κ1) is 18.9. The summed E-state index contributed by atoms with van der Waals surface area (Å²) in [6, 6.07) is 15.7. The first-order chi connectivity index (χ1) is 12.1. The minimum atomic E-state index is 0.0594. The van der Waals surface area contributed by atoms with Crippen molar-refractivity contribution >= 4 is 23.1 Å². The van der Waals surface area contributed by atoms with Crippen molar-refractivity contribution in [3.63, 3.8) is 0 Å². The standard InChI is InChI=1S/C19H23N3O2S/c1-14(2)24-18-11-16(9-10-17(18)23-3)12-21-22-19(20)25-13-15-7-5-4-6-8-15/h4-12,14H,13H2,1-3H3,(H2,20,22). The molecule has 0 bridgehead atoms. The van der Waals surface area contributed by atoms with Gasteiger partial charge in [-0.15, -0.1) is 5.10 Å². The molecule has 132 valence electrons. The average Bonchev–Trinajstić information content (AvgIpc) is 2.60. The number of methoxy groups -OCH3 is 1. The Hall–Kier alpha value is -2.47. The Labute approximate surface area is 152 Å². The van der Waals surface area contributed by atoms with Crippen LogP contribution in [0.15, 0.2) is 58.7 Å². The van der Waals surface area contributed by atoms with Crippen molar-refractivity contribution < 1.29 is 9.47 Å². The maximum absolute atomic E-state index is 5.88. The summed E-state index contributed by atoms with van der Waals surface area (Å²) in [7, 11) is 1.62. The quantitative estimate of drug-likeness (QED) is 0.461. The summed E-state index contributed by atoms with van der Waals surface area (Å²) >= 11 is 1.45. The number of hydrogen-bond donors (Lipinski definition) is 1. The molecule has 0 radical (unpaired) electrons. The molecule has 0 saturated heterocycles. The van der Waals surface area contributed by atoms with Gasteiger partial charge in [-0.25, -0.2) is 0 Å². The summed E-state index contributed by atoms with van der Waals surface area (Å²) in [5, 5.41) is 8.50.